The van der Waals surface area contributed by atoms with E-state index >= 15 is 0 Å². The van der Waals surface area contributed by atoms with Crippen LogP contribution in [0, 0.1) is 19.9 Å². The Morgan fingerprint density at radius 2 is 1.77 bits per heavy atom. The molecule has 1 radical (unpaired) electrons. The van der Waals surface area contributed by atoms with E-state index in [0.29, 0.717) is 0 Å². The number of allylic oxidation sites excluding steroid dienone is 2. The van der Waals surface area contributed by atoms with Crippen molar-refractivity contribution in [1.29, 1.82) is 0 Å². The zero-order chi connectivity index (χ0) is 18.4. The van der Waals surface area contributed by atoms with Gasteiger partial charge in [0.2, 0.25) is 0 Å². The number of ketones is 1. The Labute approximate surface area is 168 Å². The molecule has 137 valence electrons. The number of hydrogen-bond donors (Lipinski definition) is 1. The smallest absolute Gasteiger partial charge is 0.155 e. The van der Waals surface area contributed by atoms with E-state index in [1.54, 1.807) is 0 Å². The molecule has 3 nitrogen and oxygen atoms in total. The zero-order valence-corrected chi connectivity index (χ0v) is 17.7. The molecule has 0 spiro atoms. The first-order valence-electron chi connectivity index (χ1n) is 8.08. The predicted octanol–water partition coefficient (Wildman–Crippen LogP) is 5.35. The van der Waals surface area contributed by atoms with Gasteiger partial charge >= 0.3 is 0 Å². The zero-order valence-electron chi connectivity index (χ0n) is 15.3. The number of carbonyl (C=O) groups excluding carboxylic acids is 1. The standard InChI is InChI=1S/C17H14N.C5H8O2.Ir/c1-12-3-7-15(8-4-12)17-16-11-13(2)5-6-14(16)9-10-18-17;1-4(6)3-5(2)7;/h3-7,9-11H,1-2H3;3,6H,1-2H3;/q-1;;/b;4-3-;. The molecule has 3 aromatic rings. The third-order valence-electron chi connectivity index (χ3n) is 3.56. The van der Waals surface area contributed by atoms with Gasteiger partial charge in [-0.25, -0.2) is 0 Å². The number of aromatic nitrogens is 1. The van der Waals surface area contributed by atoms with Crippen molar-refractivity contribution in [2.75, 3.05) is 0 Å². The van der Waals surface area contributed by atoms with Crippen LogP contribution in [0.4, 0.5) is 0 Å². The summed E-state index contributed by atoms with van der Waals surface area (Å²) in [5.74, 6) is -0.0625. The van der Waals surface area contributed by atoms with Crippen molar-refractivity contribution in [1.82, 2.24) is 4.98 Å². The topological polar surface area (TPSA) is 50.2 Å². The number of pyridine rings is 1. The SMILES string of the molecule is CC(=O)/C=C(/C)O.Cc1c[c-]c(-c2nccc3ccc(C)cc23)cc1.[Ir]. The van der Waals surface area contributed by atoms with Gasteiger partial charge in [-0.15, -0.1) is 35.4 Å². The third-order valence-corrected chi connectivity index (χ3v) is 3.56. The van der Waals surface area contributed by atoms with Crippen LogP contribution >= 0.6 is 0 Å². The second kappa shape index (κ2) is 10.0. The van der Waals surface area contributed by atoms with E-state index in [0.717, 1.165) is 11.3 Å². The van der Waals surface area contributed by atoms with E-state index in [-0.39, 0.29) is 31.6 Å². The van der Waals surface area contributed by atoms with Crippen LogP contribution in [0.15, 0.2) is 60.5 Å². The summed E-state index contributed by atoms with van der Waals surface area (Å²) >= 11 is 0. The minimum absolute atomic E-state index is 0. The van der Waals surface area contributed by atoms with Crippen LogP contribution in [-0.2, 0) is 24.9 Å². The molecule has 0 bridgehead atoms. The molecule has 0 aliphatic heterocycles. The van der Waals surface area contributed by atoms with Gasteiger partial charge < -0.3 is 10.1 Å². The summed E-state index contributed by atoms with van der Waals surface area (Å²) < 4.78 is 0. The van der Waals surface area contributed by atoms with Gasteiger partial charge in [-0.2, -0.15) is 0 Å². The van der Waals surface area contributed by atoms with Gasteiger partial charge in [0.15, 0.2) is 5.78 Å². The molecule has 2 aromatic carbocycles. The number of aryl methyl sites for hydroxylation is 2. The fourth-order valence-electron chi connectivity index (χ4n) is 2.44. The van der Waals surface area contributed by atoms with Crippen LogP contribution in [-0.4, -0.2) is 15.9 Å². The Kier molecular flexibility index (Phi) is 8.37. The van der Waals surface area contributed by atoms with Crippen LogP contribution in [0.2, 0.25) is 0 Å². The maximum Gasteiger partial charge on any atom is 0.155 e. The van der Waals surface area contributed by atoms with E-state index in [2.05, 4.69) is 55.2 Å². The summed E-state index contributed by atoms with van der Waals surface area (Å²) in [4.78, 5) is 14.5. The minimum atomic E-state index is -0.125. The van der Waals surface area contributed by atoms with Crippen molar-refractivity contribution in [3.8, 4) is 11.3 Å². The summed E-state index contributed by atoms with van der Waals surface area (Å²) in [6.45, 7) is 7.02. The normalized spacial score (nSPS) is 10.5. The van der Waals surface area contributed by atoms with Gasteiger partial charge in [0.1, 0.15) is 0 Å². The Morgan fingerprint density at radius 1 is 1.08 bits per heavy atom. The molecule has 0 saturated carbocycles. The largest absolute Gasteiger partial charge is 0.512 e. The van der Waals surface area contributed by atoms with E-state index in [1.807, 2.05) is 18.3 Å². The summed E-state index contributed by atoms with van der Waals surface area (Å²) in [5, 5.41) is 10.8. The van der Waals surface area contributed by atoms with Crippen molar-refractivity contribution in [3.63, 3.8) is 0 Å². The van der Waals surface area contributed by atoms with Crippen LogP contribution in [0.1, 0.15) is 25.0 Å². The third kappa shape index (κ3) is 6.21. The van der Waals surface area contributed by atoms with Crippen molar-refractivity contribution >= 4 is 16.6 Å². The Morgan fingerprint density at radius 3 is 2.31 bits per heavy atom. The number of hydrogen-bond acceptors (Lipinski definition) is 3. The van der Waals surface area contributed by atoms with Crippen LogP contribution in [0.5, 0.6) is 0 Å². The van der Waals surface area contributed by atoms with E-state index < -0.39 is 0 Å². The van der Waals surface area contributed by atoms with Gasteiger partial charge in [0.25, 0.3) is 0 Å². The number of benzene rings is 2. The van der Waals surface area contributed by atoms with Crippen LogP contribution < -0.4 is 0 Å². The van der Waals surface area contributed by atoms with E-state index in [4.69, 9.17) is 5.11 Å². The first kappa shape index (κ1) is 21.8. The Hall–Kier alpha value is -2.29. The van der Waals surface area contributed by atoms with Crippen molar-refractivity contribution < 1.29 is 30.0 Å². The van der Waals surface area contributed by atoms with Gasteiger partial charge in [-0.1, -0.05) is 30.7 Å². The molecule has 4 heteroatoms. The Bertz CT molecular complexity index is 911. The molecule has 1 heterocycles. The number of rotatable bonds is 2. The van der Waals surface area contributed by atoms with Crippen LogP contribution in [0.3, 0.4) is 0 Å². The predicted molar refractivity (Wildman–Crippen MR) is 103 cm³/mol. The maximum atomic E-state index is 10.0. The average molecular weight is 525 g/mol. The second-order valence-electron chi connectivity index (χ2n) is 6.06. The van der Waals surface area contributed by atoms with Crippen molar-refractivity contribution in [3.05, 3.63) is 77.7 Å². The molecular weight excluding hydrogens is 502 g/mol. The van der Waals surface area contributed by atoms with E-state index in [9.17, 15) is 4.79 Å². The quantitative estimate of drug-likeness (QED) is 0.279. The number of aliphatic hydroxyl groups is 1. The monoisotopic (exact) mass is 525 g/mol. The summed E-state index contributed by atoms with van der Waals surface area (Å²) in [5.41, 5.74) is 4.53. The molecule has 1 aromatic heterocycles. The molecule has 0 aliphatic carbocycles. The van der Waals surface area contributed by atoms with Crippen molar-refractivity contribution in [2.45, 2.75) is 27.7 Å². The van der Waals surface area contributed by atoms with Crippen molar-refractivity contribution in [2.24, 2.45) is 0 Å². The summed E-state index contributed by atoms with van der Waals surface area (Å²) in [6.07, 6.45) is 3.03. The molecule has 0 amide bonds. The van der Waals surface area contributed by atoms with Gasteiger partial charge in [0.05, 0.1) is 5.76 Å². The Balaban J connectivity index is 0.000000366. The summed E-state index contributed by atoms with van der Waals surface area (Å²) in [7, 11) is 0. The fraction of sp³-hybridized carbons (Fsp3) is 0.182. The molecule has 0 atom stereocenters. The van der Waals surface area contributed by atoms with Gasteiger partial charge in [-0.3, -0.25) is 4.79 Å². The second-order valence-corrected chi connectivity index (χ2v) is 6.06. The summed E-state index contributed by atoms with van der Waals surface area (Å²) in [6, 6.07) is 18.0. The molecule has 26 heavy (non-hydrogen) atoms. The molecule has 1 N–H and O–H groups in total. The molecule has 0 fully saturated rings. The van der Waals surface area contributed by atoms with Crippen LogP contribution in [0.25, 0.3) is 22.0 Å². The van der Waals surface area contributed by atoms with Gasteiger partial charge in [-0.05, 0) is 43.3 Å². The minimum Gasteiger partial charge on any atom is -0.512 e. The molecule has 0 aliphatic rings. The number of carbonyl (C=O) groups is 1. The maximum absolute atomic E-state index is 10.0. The number of nitrogens with zero attached hydrogens (tertiary/aromatic N) is 1. The number of fused-ring (bicyclic) bond motifs is 1. The molecule has 0 saturated heterocycles. The molecule has 0 unspecified atom stereocenters. The first-order chi connectivity index (χ1) is 11.9. The number of aliphatic hydroxyl groups excluding tert-OH is 1. The molecule has 3 rings (SSSR count). The molecular formula is C22H22IrNO2-. The fourth-order valence-corrected chi connectivity index (χ4v) is 2.44. The van der Waals surface area contributed by atoms with Gasteiger partial charge in [0, 0.05) is 32.4 Å². The average Bonchev–Trinajstić information content (AvgIpc) is 2.54. The van der Waals surface area contributed by atoms with E-state index in [1.165, 1.54) is 41.8 Å². The first-order valence-corrected chi connectivity index (χ1v) is 8.08.